The van der Waals surface area contributed by atoms with Gasteiger partial charge in [-0.3, -0.25) is 34.1 Å². The average Bonchev–Trinajstić information content (AvgIpc) is 2.92. The Labute approximate surface area is 251 Å². The highest BCUT2D eigenvalue weighted by atomic mass is 16.6. The van der Waals surface area contributed by atoms with E-state index in [-0.39, 0.29) is 49.8 Å². The summed E-state index contributed by atoms with van der Waals surface area (Å²) < 4.78 is 0. The molecule has 242 valence electrons. The maximum Gasteiger partial charge on any atom is 0.322 e. The Hall–Kier alpha value is -4.11. The molecule has 0 aliphatic heterocycles. The normalized spacial score (nSPS) is 10.4. The molecule has 4 N–H and O–H groups in total. The fraction of sp³-hybridized carbons (Fsp3) is 0.607. The van der Waals surface area contributed by atoms with Crippen LogP contribution in [0.2, 0.25) is 0 Å². The zero-order chi connectivity index (χ0) is 33.1. The number of nitrogens with one attached hydrogen (secondary N) is 1. The van der Waals surface area contributed by atoms with Crippen molar-refractivity contribution in [2.24, 2.45) is 11.8 Å². The third-order valence-corrected chi connectivity index (χ3v) is 5.34. The molecule has 0 unspecified atom stereocenters. The standard InChI is InChI=1S/C24H35N5O10.C4H10/c1-17(2)14-28(24(37)18-3-5-19(6-4-18)29(38)39)16-22(34)27(10-12-31)15-21(33)26(9-11-30)8-7-20(32)25-13-23(35)36;1-4(2)3/h3-6,17,30-31H,7-16H2,1-2H3,(H,25,32)(H,35,36);4H,1-3H3. The summed E-state index contributed by atoms with van der Waals surface area (Å²) in [5.41, 5.74) is -0.0633. The van der Waals surface area contributed by atoms with E-state index >= 15 is 0 Å². The molecular weight excluding hydrogens is 566 g/mol. The van der Waals surface area contributed by atoms with Crippen molar-refractivity contribution in [3.05, 3.63) is 39.9 Å². The monoisotopic (exact) mass is 611 g/mol. The van der Waals surface area contributed by atoms with Crippen LogP contribution in [0.4, 0.5) is 5.69 Å². The lowest BCUT2D eigenvalue weighted by Crippen LogP contribution is -2.49. The summed E-state index contributed by atoms with van der Waals surface area (Å²) in [5, 5.41) is 40.5. The van der Waals surface area contributed by atoms with Crippen LogP contribution >= 0.6 is 0 Å². The van der Waals surface area contributed by atoms with Gasteiger partial charge in [-0.15, -0.1) is 0 Å². The van der Waals surface area contributed by atoms with Gasteiger partial charge in [0.2, 0.25) is 17.7 Å². The minimum absolute atomic E-state index is 0.0416. The van der Waals surface area contributed by atoms with Gasteiger partial charge in [-0.05, 0) is 24.0 Å². The zero-order valence-corrected chi connectivity index (χ0v) is 25.5. The van der Waals surface area contributed by atoms with E-state index in [1.807, 2.05) is 13.8 Å². The molecule has 0 radical (unpaired) electrons. The summed E-state index contributed by atoms with van der Waals surface area (Å²) in [7, 11) is 0. The van der Waals surface area contributed by atoms with Crippen LogP contribution in [0.15, 0.2) is 24.3 Å². The minimum Gasteiger partial charge on any atom is -0.480 e. The third kappa shape index (κ3) is 16.8. The van der Waals surface area contributed by atoms with E-state index < -0.39 is 67.4 Å². The van der Waals surface area contributed by atoms with Crippen LogP contribution in [0, 0.1) is 22.0 Å². The van der Waals surface area contributed by atoms with Crippen LogP contribution in [-0.2, 0) is 19.2 Å². The Kier molecular flexibility index (Phi) is 18.7. The number of amides is 4. The van der Waals surface area contributed by atoms with Gasteiger partial charge in [-0.2, -0.15) is 0 Å². The first-order chi connectivity index (χ1) is 20.1. The molecule has 1 aromatic carbocycles. The van der Waals surface area contributed by atoms with E-state index in [4.69, 9.17) is 5.11 Å². The number of hydrogen-bond donors (Lipinski definition) is 4. The van der Waals surface area contributed by atoms with E-state index in [1.165, 1.54) is 29.2 Å². The number of hydrogen-bond acceptors (Lipinski definition) is 9. The van der Waals surface area contributed by atoms with Crippen molar-refractivity contribution in [2.75, 3.05) is 59.0 Å². The predicted octanol–water partition coefficient (Wildman–Crippen LogP) is 0.588. The van der Waals surface area contributed by atoms with E-state index in [0.29, 0.717) is 0 Å². The number of aliphatic hydroxyl groups excluding tert-OH is 2. The van der Waals surface area contributed by atoms with Crippen LogP contribution in [0.25, 0.3) is 0 Å². The van der Waals surface area contributed by atoms with Gasteiger partial charge in [0.05, 0.1) is 24.7 Å². The minimum atomic E-state index is -1.23. The number of non-ortho nitro benzene ring substituents is 1. The topological polar surface area (TPSA) is 211 Å². The van der Waals surface area contributed by atoms with E-state index in [2.05, 4.69) is 26.1 Å². The molecule has 0 heterocycles. The number of nitrogens with zero attached hydrogens (tertiary/aromatic N) is 4. The van der Waals surface area contributed by atoms with Crippen molar-refractivity contribution in [1.82, 2.24) is 20.0 Å². The van der Waals surface area contributed by atoms with Crippen molar-refractivity contribution in [2.45, 2.75) is 41.0 Å². The van der Waals surface area contributed by atoms with Crippen molar-refractivity contribution in [1.29, 1.82) is 0 Å². The van der Waals surface area contributed by atoms with Gasteiger partial charge in [-0.25, -0.2) is 0 Å². The van der Waals surface area contributed by atoms with E-state index in [0.717, 1.165) is 15.7 Å². The molecule has 0 saturated heterocycles. The molecule has 0 aliphatic carbocycles. The van der Waals surface area contributed by atoms with Gasteiger partial charge in [-0.1, -0.05) is 34.6 Å². The summed E-state index contributed by atoms with van der Waals surface area (Å²) in [6, 6.07) is 4.92. The number of carboxylic acid groups (broad SMARTS) is 1. The highest BCUT2D eigenvalue weighted by Gasteiger charge is 2.26. The van der Waals surface area contributed by atoms with Crippen LogP contribution < -0.4 is 5.32 Å². The molecule has 0 spiro atoms. The lowest BCUT2D eigenvalue weighted by molar-refractivity contribution is -0.384. The molecule has 0 aliphatic rings. The molecule has 1 aromatic rings. The van der Waals surface area contributed by atoms with Gasteiger partial charge in [0.15, 0.2) is 0 Å². The Morgan fingerprint density at radius 3 is 1.79 bits per heavy atom. The number of nitro groups is 1. The second-order valence-electron chi connectivity index (χ2n) is 10.7. The lowest BCUT2D eigenvalue weighted by Gasteiger charge is -2.30. The second-order valence-corrected chi connectivity index (χ2v) is 10.7. The number of nitro benzene ring substituents is 1. The largest absolute Gasteiger partial charge is 0.480 e. The molecule has 1 rings (SSSR count). The Morgan fingerprint density at radius 1 is 0.837 bits per heavy atom. The number of aliphatic hydroxyl groups is 2. The number of rotatable bonds is 17. The zero-order valence-electron chi connectivity index (χ0n) is 25.5. The summed E-state index contributed by atoms with van der Waals surface area (Å²) in [6.07, 6.45) is -0.237. The fourth-order valence-electron chi connectivity index (χ4n) is 3.49. The molecule has 0 saturated carbocycles. The van der Waals surface area contributed by atoms with Crippen LogP contribution in [0.3, 0.4) is 0 Å². The maximum absolute atomic E-state index is 13.1. The molecular formula is C28H45N5O10. The van der Waals surface area contributed by atoms with E-state index in [1.54, 1.807) is 0 Å². The fourth-order valence-corrected chi connectivity index (χ4v) is 3.49. The van der Waals surface area contributed by atoms with Gasteiger partial charge < -0.3 is 35.3 Å². The SMILES string of the molecule is CC(C)C.CC(C)CN(CC(=O)N(CCO)CC(=O)N(CCO)CCC(=O)NCC(=O)O)C(=O)c1ccc([N+](=O)[O-])cc1. The van der Waals surface area contributed by atoms with Crippen molar-refractivity contribution < 1.29 is 44.2 Å². The lowest BCUT2D eigenvalue weighted by atomic mass is 10.1. The van der Waals surface area contributed by atoms with Crippen LogP contribution in [-0.4, -0.2) is 124 Å². The van der Waals surface area contributed by atoms with Crippen LogP contribution in [0.5, 0.6) is 0 Å². The summed E-state index contributed by atoms with van der Waals surface area (Å²) >= 11 is 0. The molecule has 0 atom stereocenters. The number of benzene rings is 1. The quantitative estimate of drug-likeness (QED) is 0.142. The second kappa shape index (κ2) is 20.7. The molecule has 43 heavy (non-hydrogen) atoms. The van der Waals surface area contributed by atoms with Crippen molar-refractivity contribution >= 4 is 35.3 Å². The highest BCUT2D eigenvalue weighted by Crippen LogP contribution is 2.15. The first-order valence-electron chi connectivity index (χ1n) is 13.9. The number of aliphatic carboxylic acids is 1. The van der Waals surface area contributed by atoms with Crippen LogP contribution in [0.1, 0.15) is 51.4 Å². The highest BCUT2D eigenvalue weighted by molar-refractivity contribution is 5.97. The summed E-state index contributed by atoms with van der Waals surface area (Å²) in [6.45, 7) is 7.38. The smallest absolute Gasteiger partial charge is 0.322 e. The Morgan fingerprint density at radius 2 is 1.33 bits per heavy atom. The number of carbonyl (C=O) groups is 5. The van der Waals surface area contributed by atoms with Crippen molar-refractivity contribution in [3.63, 3.8) is 0 Å². The predicted molar refractivity (Wildman–Crippen MR) is 157 cm³/mol. The molecule has 15 nitrogen and oxygen atoms in total. The Bertz CT molecular complexity index is 1060. The average molecular weight is 612 g/mol. The molecule has 4 amide bonds. The molecule has 15 heteroatoms. The van der Waals surface area contributed by atoms with Gasteiger partial charge in [0.1, 0.15) is 13.1 Å². The first-order valence-corrected chi connectivity index (χ1v) is 13.9. The van der Waals surface area contributed by atoms with E-state index in [9.17, 15) is 44.3 Å². The third-order valence-electron chi connectivity index (χ3n) is 5.34. The first kappa shape index (κ1) is 38.9. The molecule has 0 fully saturated rings. The van der Waals surface area contributed by atoms with Gasteiger partial charge >= 0.3 is 5.97 Å². The maximum atomic E-state index is 13.1. The Balaban J connectivity index is 0.00000413. The van der Waals surface area contributed by atoms with Crippen molar-refractivity contribution in [3.8, 4) is 0 Å². The van der Waals surface area contributed by atoms with Gasteiger partial charge in [0.25, 0.3) is 11.6 Å². The number of carbonyl (C=O) groups excluding carboxylic acids is 4. The summed E-state index contributed by atoms with van der Waals surface area (Å²) in [5.74, 6) is -2.88. The van der Waals surface area contributed by atoms with Gasteiger partial charge in [0, 0.05) is 50.3 Å². The molecule has 0 aromatic heterocycles. The molecule has 0 bridgehead atoms. The summed E-state index contributed by atoms with van der Waals surface area (Å²) in [4.78, 5) is 75.2. The number of carboxylic acids is 1.